The number of methoxy groups -OCH3 is 1. The van der Waals surface area contributed by atoms with Crippen molar-refractivity contribution in [2.24, 2.45) is 0 Å². The molecule has 0 aliphatic rings. The minimum atomic E-state index is -0.362. The van der Waals surface area contributed by atoms with Gasteiger partial charge in [0.1, 0.15) is 6.54 Å². The second kappa shape index (κ2) is 6.70. The maximum Gasteiger partial charge on any atom is 0.269 e. The van der Waals surface area contributed by atoms with Crippen molar-refractivity contribution in [1.82, 2.24) is 14.8 Å². The third kappa shape index (κ3) is 3.81. The standard InChI is InChI=1S/C14H17N5O3/c1-18(2)11-6-14(21)19(16-8-11)9-12(20)17-10-4-5-13(22-3)15-7-10/h4-8H,9H2,1-3H3,(H,17,20). The fourth-order valence-electron chi connectivity index (χ4n) is 1.70. The number of aromatic nitrogens is 3. The SMILES string of the molecule is COc1ccc(NC(=O)Cn2ncc(N(C)C)cc2=O)cn1. The number of hydrogen-bond donors (Lipinski definition) is 1. The van der Waals surface area contributed by atoms with Crippen molar-refractivity contribution in [3.8, 4) is 5.88 Å². The van der Waals surface area contributed by atoms with E-state index in [0.29, 0.717) is 17.3 Å². The zero-order valence-corrected chi connectivity index (χ0v) is 12.6. The van der Waals surface area contributed by atoms with Crippen LogP contribution < -0.4 is 20.5 Å². The first kappa shape index (κ1) is 15.5. The van der Waals surface area contributed by atoms with E-state index in [1.807, 2.05) is 14.1 Å². The molecule has 2 heterocycles. The van der Waals surface area contributed by atoms with Crippen LogP contribution in [-0.4, -0.2) is 41.9 Å². The molecule has 22 heavy (non-hydrogen) atoms. The second-order valence-corrected chi connectivity index (χ2v) is 4.74. The minimum Gasteiger partial charge on any atom is -0.481 e. The summed E-state index contributed by atoms with van der Waals surface area (Å²) in [5.41, 5.74) is 0.860. The number of anilines is 2. The fraction of sp³-hybridized carbons (Fsp3) is 0.286. The lowest BCUT2D eigenvalue weighted by molar-refractivity contribution is -0.117. The third-order valence-corrected chi connectivity index (χ3v) is 2.89. The number of nitrogens with zero attached hydrogens (tertiary/aromatic N) is 4. The predicted molar refractivity (Wildman–Crippen MR) is 82.2 cm³/mol. The van der Waals surface area contributed by atoms with Crippen LogP contribution in [0.4, 0.5) is 11.4 Å². The molecule has 1 amide bonds. The average Bonchev–Trinajstić information content (AvgIpc) is 2.50. The minimum absolute atomic E-state index is 0.168. The Hall–Kier alpha value is -2.90. The Morgan fingerprint density at radius 1 is 1.36 bits per heavy atom. The van der Waals surface area contributed by atoms with E-state index in [1.165, 1.54) is 25.6 Å². The lowest BCUT2D eigenvalue weighted by Gasteiger charge is -2.12. The highest BCUT2D eigenvalue weighted by atomic mass is 16.5. The summed E-state index contributed by atoms with van der Waals surface area (Å²) in [6.45, 7) is -0.168. The summed E-state index contributed by atoms with van der Waals surface area (Å²) in [6, 6.07) is 4.72. The van der Waals surface area contributed by atoms with Crippen molar-refractivity contribution < 1.29 is 9.53 Å². The first-order valence-corrected chi connectivity index (χ1v) is 6.54. The van der Waals surface area contributed by atoms with Gasteiger partial charge in [0, 0.05) is 26.2 Å². The molecule has 0 bridgehead atoms. The first-order chi connectivity index (χ1) is 10.5. The van der Waals surface area contributed by atoms with Gasteiger partial charge in [0.15, 0.2) is 0 Å². The Labute approximate surface area is 127 Å². The van der Waals surface area contributed by atoms with Crippen LogP contribution in [0.15, 0.2) is 35.4 Å². The number of pyridine rings is 1. The molecule has 0 atom stereocenters. The summed E-state index contributed by atoms with van der Waals surface area (Å²) in [5, 5.41) is 6.61. The molecule has 0 saturated carbocycles. The van der Waals surface area contributed by atoms with Crippen LogP contribution in [-0.2, 0) is 11.3 Å². The molecule has 8 heteroatoms. The lowest BCUT2D eigenvalue weighted by atomic mass is 10.4. The molecule has 1 N–H and O–H groups in total. The lowest BCUT2D eigenvalue weighted by Crippen LogP contribution is -2.30. The first-order valence-electron chi connectivity index (χ1n) is 6.54. The summed E-state index contributed by atoms with van der Waals surface area (Å²) in [5.74, 6) is 0.0920. The largest absolute Gasteiger partial charge is 0.481 e. The van der Waals surface area contributed by atoms with E-state index in [4.69, 9.17) is 4.74 Å². The number of ether oxygens (including phenoxy) is 1. The van der Waals surface area contributed by atoms with E-state index in [-0.39, 0.29) is 18.0 Å². The van der Waals surface area contributed by atoms with Crippen molar-refractivity contribution in [2.45, 2.75) is 6.54 Å². The number of carbonyl (C=O) groups excluding carboxylic acids is 1. The van der Waals surface area contributed by atoms with Crippen LogP contribution in [0, 0.1) is 0 Å². The maximum atomic E-state index is 11.9. The molecule has 0 aromatic carbocycles. The van der Waals surface area contributed by atoms with Gasteiger partial charge in [-0.3, -0.25) is 9.59 Å². The molecule has 2 aromatic rings. The van der Waals surface area contributed by atoms with Crippen LogP contribution >= 0.6 is 0 Å². The Morgan fingerprint density at radius 2 is 2.14 bits per heavy atom. The van der Waals surface area contributed by atoms with Gasteiger partial charge < -0.3 is 15.0 Å². The third-order valence-electron chi connectivity index (χ3n) is 2.89. The Bertz CT molecular complexity index is 709. The Morgan fingerprint density at radius 3 is 2.68 bits per heavy atom. The van der Waals surface area contributed by atoms with Gasteiger partial charge in [0.25, 0.3) is 5.56 Å². The van der Waals surface area contributed by atoms with Crippen LogP contribution in [0.5, 0.6) is 5.88 Å². The van der Waals surface area contributed by atoms with E-state index in [0.717, 1.165) is 4.68 Å². The van der Waals surface area contributed by atoms with E-state index >= 15 is 0 Å². The number of carbonyl (C=O) groups is 1. The summed E-state index contributed by atoms with van der Waals surface area (Å²) in [7, 11) is 5.13. The molecule has 0 saturated heterocycles. The number of rotatable bonds is 5. The molecule has 0 aliphatic carbocycles. The topological polar surface area (TPSA) is 89.4 Å². The normalized spacial score (nSPS) is 10.1. The highest BCUT2D eigenvalue weighted by molar-refractivity contribution is 5.90. The molecule has 116 valence electrons. The molecular formula is C14H17N5O3. The predicted octanol–water partition coefficient (Wildman–Crippen LogP) is 0.352. The highest BCUT2D eigenvalue weighted by Gasteiger charge is 2.08. The second-order valence-electron chi connectivity index (χ2n) is 4.74. The van der Waals surface area contributed by atoms with Crippen molar-refractivity contribution in [1.29, 1.82) is 0 Å². The molecule has 2 rings (SSSR count). The van der Waals surface area contributed by atoms with Crippen LogP contribution in [0.3, 0.4) is 0 Å². The molecule has 0 aliphatic heterocycles. The summed E-state index contributed by atoms with van der Waals surface area (Å²) < 4.78 is 6.03. The van der Waals surface area contributed by atoms with Crippen molar-refractivity contribution in [3.63, 3.8) is 0 Å². The monoisotopic (exact) mass is 303 g/mol. The van der Waals surface area contributed by atoms with Gasteiger partial charge in [-0.15, -0.1) is 0 Å². The van der Waals surface area contributed by atoms with Gasteiger partial charge in [-0.1, -0.05) is 0 Å². The number of nitrogens with one attached hydrogen (secondary N) is 1. The van der Waals surface area contributed by atoms with Gasteiger partial charge in [0.2, 0.25) is 11.8 Å². The van der Waals surface area contributed by atoms with E-state index in [2.05, 4.69) is 15.4 Å². The van der Waals surface area contributed by atoms with E-state index in [9.17, 15) is 9.59 Å². The summed E-state index contributed by atoms with van der Waals surface area (Å²) >= 11 is 0. The fourth-order valence-corrected chi connectivity index (χ4v) is 1.70. The average molecular weight is 303 g/mol. The van der Waals surface area contributed by atoms with Gasteiger partial charge in [-0.05, 0) is 6.07 Å². The van der Waals surface area contributed by atoms with Gasteiger partial charge in [-0.25, -0.2) is 9.67 Å². The van der Waals surface area contributed by atoms with Gasteiger partial charge in [-0.2, -0.15) is 5.10 Å². The quantitative estimate of drug-likeness (QED) is 0.857. The van der Waals surface area contributed by atoms with Crippen molar-refractivity contribution >= 4 is 17.3 Å². The van der Waals surface area contributed by atoms with Crippen LogP contribution in [0.2, 0.25) is 0 Å². The van der Waals surface area contributed by atoms with E-state index < -0.39 is 0 Å². The molecule has 8 nitrogen and oxygen atoms in total. The molecule has 2 aromatic heterocycles. The van der Waals surface area contributed by atoms with E-state index in [1.54, 1.807) is 17.0 Å². The molecule has 0 radical (unpaired) electrons. The molecule has 0 spiro atoms. The van der Waals surface area contributed by atoms with Gasteiger partial charge >= 0.3 is 0 Å². The maximum absolute atomic E-state index is 11.9. The number of hydrogen-bond acceptors (Lipinski definition) is 6. The van der Waals surface area contributed by atoms with Crippen LogP contribution in [0.25, 0.3) is 0 Å². The molecule has 0 fully saturated rings. The zero-order chi connectivity index (χ0) is 16.1. The molecular weight excluding hydrogens is 286 g/mol. The van der Waals surface area contributed by atoms with Gasteiger partial charge in [0.05, 0.1) is 30.9 Å². The number of amides is 1. The Kier molecular flexibility index (Phi) is 4.72. The summed E-state index contributed by atoms with van der Waals surface area (Å²) in [6.07, 6.45) is 3.01. The van der Waals surface area contributed by atoms with Crippen molar-refractivity contribution in [3.05, 3.63) is 40.9 Å². The van der Waals surface area contributed by atoms with Crippen LogP contribution in [0.1, 0.15) is 0 Å². The highest BCUT2D eigenvalue weighted by Crippen LogP contribution is 2.10. The zero-order valence-electron chi connectivity index (χ0n) is 12.6. The Balaban J connectivity index is 2.03. The summed E-state index contributed by atoms with van der Waals surface area (Å²) in [4.78, 5) is 29.6. The van der Waals surface area contributed by atoms with Crippen molar-refractivity contribution in [2.75, 3.05) is 31.4 Å². The molecule has 0 unspecified atom stereocenters. The smallest absolute Gasteiger partial charge is 0.269 e.